The molecule has 2 bridgehead atoms. The van der Waals surface area contributed by atoms with E-state index in [0.29, 0.717) is 22.8 Å². The second kappa shape index (κ2) is 8.85. The number of piperidine rings is 3. The van der Waals surface area contributed by atoms with Crippen molar-refractivity contribution >= 4 is 17.7 Å². The van der Waals surface area contributed by atoms with E-state index in [-0.39, 0.29) is 18.0 Å². The number of esters is 1. The van der Waals surface area contributed by atoms with Gasteiger partial charge in [-0.05, 0) is 24.8 Å². The second-order valence-corrected chi connectivity index (χ2v) is 10.2. The van der Waals surface area contributed by atoms with Crippen molar-refractivity contribution in [1.29, 1.82) is 0 Å². The molecule has 5 aliphatic rings. The minimum atomic E-state index is -0.450. The quantitative estimate of drug-likeness (QED) is 0.402. The highest BCUT2D eigenvalue weighted by molar-refractivity contribution is 5.90. The van der Waals surface area contributed by atoms with Crippen LogP contribution in [-0.4, -0.2) is 58.8 Å². The number of fused-ring (bicyclic) bond motifs is 3. The fraction of sp³-hybridized carbons (Fsp3) is 0.640. The average Bonchev–Trinajstić information content (AvgIpc) is 3.45. The van der Waals surface area contributed by atoms with Crippen LogP contribution in [0, 0.1) is 11.3 Å². The number of H-pyrrole nitrogens is 1. The third-order valence-corrected chi connectivity index (χ3v) is 8.29. The molecule has 0 aromatic carbocycles. The zero-order valence-electron chi connectivity index (χ0n) is 18.9. The summed E-state index contributed by atoms with van der Waals surface area (Å²) in [7, 11) is 0. The summed E-state index contributed by atoms with van der Waals surface area (Å²) in [5.41, 5.74) is 0.794. The molecule has 1 saturated carbocycles. The summed E-state index contributed by atoms with van der Waals surface area (Å²) in [6.07, 6.45) is 17.2. The first-order valence-corrected chi connectivity index (χ1v) is 12.3. The minimum Gasteiger partial charge on any atom is -0.455 e. The van der Waals surface area contributed by atoms with E-state index in [2.05, 4.69) is 33.7 Å². The Labute approximate surface area is 189 Å². The van der Waals surface area contributed by atoms with Gasteiger partial charge in [-0.1, -0.05) is 43.9 Å². The average molecular weight is 440 g/mol. The van der Waals surface area contributed by atoms with Gasteiger partial charge in [0.1, 0.15) is 12.4 Å². The van der Waals surface area contributed by atoms with Gasteiger partial charge in [-0.3, -0.25) is 14.7 Å². The van der Waals surface area contributed by atoms with Crippen LogP contribution in [0.5, 0.6) is 0 Å². The molecule has 3 aliphatic heterocycles. The number of ether oxygens (including phenoxy) is 1. The van der Waals surface area contributed by atoms with E-state index in [9.17, 15) is 9.59 Å². The number of nitrogens with zero attached hydrogens (tertiary/aromatic N) is 2. The van der Waals surface area contributed by atoms with Crippen LogP contribution in [0.25, 0.3) is 0 Å². The largest absolute Gasteiger partial charge is 0.455 e. The van der Waals surface area contributed by atoms with Gasteiger partial charge < -0.3 is 14.5 Å². The summed E-state index contributed by atoms with van der Waals surface area (Å²) in [5.74, 6) is 1.03. The van der Waals surface area contributed by atoms with Crippen LogP contribution in [0.1, 0.15) is 57.8 Å². The molecule has 7 heteroatoms. The zero-order valence-corrected chi connectivity index (χ0v) is 18.9. The molecule has 1 atom stereocenters. The van der Waals surface area contributed by atoms with Crippen LogP contribution in [-0.2, 0) is 14.3 Å². The van der Waals surface area contributed by atoms with Gasteiger partial charge >= 0.3 is 5.97 Å². The minimum absolute atomic E-state index is 0.00633. The summed E-state index contributed by atoms with van der Waals surface area (Å²) in [4.78, 5) is 26.5. The lowest BCUT2D eigenvalue weighted by Gasteiger charge is -2.52. The maximum Gasteiger partial charge on any atom is 0.316 e. The normalized spacial score (nSPS) is 31.1. The number of aromatic amines is 1. The first-order valence-electron chi connectivity index (χ1n) is 12.3. The van der Waals surface area contributed by atoms with Crippen molar-refractivity contribution in [2.75, 3.05) is 31.5 Å². The van der Waals surface area contributed by atoms with Gasteiger partial charge in [0.2, 0.25) is 0 Å². The Bertz CT molecular complexity index is 888. The van der Waals surface area contributed by atoms with Crippen molar-refractivity contribution in [3.05, 3.63) is 36.1 Å². The number of hydrogen-bond acceptors (Lipinski definition) is 4. The van der Waals surface area contributed by atoms with Gasteiger partial charge in [0.15, 0.2) is 12.6 Å². The molecule has 0 radical (unpaired) electrons. The molecule has 1 aromatic rings. The predicted octanol–water partition coefficient (Wildman–Crippen LogP) is 3.73. The lowest BCUT2D eigenvalue weighted by atomic mass is 9.73. The van der Waals surface area contributed by atoms with Crippen LogP contribution < -0.4 is 5.32 Å². The summed E-state index contributed by atoms with van der Waals surface area (Å²) in [6, 6.07) is 1.75. The molecule has 2 aliphatic carbocycles. The van der Waals surface area contributed by atoms with E-state index >= 15 is 0 Å². The van der Waals surface area contributed by atoms with Gasteiger partial charge in [0.05, 0.1) is 24.7 Å². The van der Waals surface area contributed by atoms with Crippen molar-refractivity contribution in [1.82, 2.24) is 10.2 Å². The first-order chi connectivity index (χ1) is 15.6. The second-order valence-electron chi connectivity index (χ2n) is 10.2. The van der Waals surface area contributed by atoms with E-state index in [1.165, 1.54) is 18.4 Å². The van der Waals surface area contributed by atoms with Crippen molar-refractivity contribution in [3.8, 4) is 0 Å². The van der Waals surface area contributed by atoms with Gasteiger partial charge in [0.25, 0.3) is 5.91 Å². The van der Waals surface area contributed by atoms with E-state index in [0.717, 1.165) is 64.6 Å². The Balaban J connectivity index is 1.28. The fourth-order valence-corrected chi connectivity index (χ4v) is 6.44. The standard InChI is InChI=1S/C25H34N4O3/c30-23(27-22-9-14-26-28-22)18-29-15-10-19(11-16-29)21(17-29)32-24(31)25(20-7-3-4-8-20)12-5-1-2-6-13-25/h3-4,7,9,14,19,21H,1-2,5-6,8,10-13,15-18H2,(H-,26,27,28,30)/p+1/t19?,21-,29?/m0/s1. The van der Waals surface area contributed by atoms with E-state index < -0.39 is 5.41 Å². The van der Waals surface area contributed by atoms with Crippen molar-refractivity contribution in [2.45, 2.75) is 63.9 Å². The molecule has 2 N–H and O–H groups in total. The van der Waals surface area contributed by atoms with Gasteiger partial charge in [-0.25, -0.2) is 0 Å². The van der Waals surface area contributed by atoms with Crippen LogP contribution in [0.4, 0.5) is 5.82 Å². The van der Waals surface area contributed by atoms with Gasteiger partial charge in [-0.15, -0.1) is 0 Å². The van der Waals surface area contributed by atoms with Crippen LogP contribution in [0.3, 0.4) is 0 Å². The fourth-order valence-electron chi connectivity index (χ4n) is 6.44. The number of hydrogen-bond donors (Lipinski definition) is 2. The number of anilines is 1. The summed E-state index contributed by atoms with van der Waals surface area (Å²) < 4.78 is 7.09. The SMILES string of the molecule is O=C(C[N+]12CCC(CC1)[C@@H](OC(=O)C1(C3=CC=CC3)CCCCCC1)C2)Nc1ccn[nH]1. The predicted molar refractivity (Wildman–Crippen MR) is 122 cm³/mol. The highest BCUT2D eigenvalue weighted by Crippen LogP contribution is 2.46. The lowest BCUT2D eigenvalue weighted by Crippen LogP contribution is -2.66. The number of carbonyl (C=O) groups excluding carboxylic acids is 2. The summed E-state index contributed by atoms with van der Waals surface area (Å²) >= 11 is 0. The van der Waals surface area contributed by atoms with Crippen molar-refractivity contribution in [3.63, 3.8) is 0 Å². The first kappa shape index (κ1) is 21.4. The Morgan fingerprint density at radius 1 is 1.19 bits per heavy atom. The number of aromatic nitrogens is 2. The molecule has 32 heavy (non-hydrogen) atoms. The van der Waals surface area contributed by atoms with E-state index in [1.54, 1.807) is 12.3 Å². The highest BCUT2D eigenvalue weighted by atomic mass is 16.5. The lowest BCUT2D eigenvalue weighted by molar-refractivity contribution is -0.939. The Morgan fingerprint density at radius 3 is 2.62 bits per heavy atom. The molecule has 4 fully saturated rings. The van der Waals surface area contributed by atoms with Crippen LogP contribution in [0.2, 0.25) is 0 Å². The molecule has 3 saturated heterocycles. The van der Waals surface area contributed by atoms with Crippen molar-refractivity contribution < 1.29 is 18.8 Å². The number of rotatable bonds is 6. The summed E-state index contributed by atoms with van der Waals surface area (Å²) in [6.45, 7) is 3.13. The number of nitrogens with one attached hydrogen (secondary N) is 2. The third-order valence-electron chi connectivity index (χ3n) is 8.29. The van der Waals surface area contributed by atoms with Crippen molar-refractivity contribution in [2.24, 2.45) is 11.3 Å². The summed E-state index contributed by atoms with van der Waals surface area (Å²) in [5, 5.41) is 9.58. The number of quaternary nitrogens is 1. The molecule has 1 aromatic heterocycles. The molecule has 4 heterocycles. The van der Waals surface area contributed by atoms with Gasteiger partial charge in [0, 0.05) is 24.8 Å². The smallest absolute Gasteiger partial charge is 0.316 e. The van der Waals surface area contributed by atoms with Crippen LogP contribution in [0.15, 0.2) is 36.1 Å². The molecule has 0 spiro atoms. The topological polar surface area (TPSA) is 84.1 Å². The monoisotopic (exact) mass is 439 g/mol. The number of allylic oxidation sites excluding steroid dienone is 3. The molecule has 1 amide bonds. The molecular formula is C25H35N4O3+. The molecule has 6 rings (SSSR count). The van der Waals surface area contributed by atoms with Crippen LogP contribution >= 0.6 is 0 Å². The maximum atomic E-state index is 13.8. The number of amides is 1. The molecule has 172 valence electrons. The number of carbonyl (C=O) groups is 2. The Hall–Kier alpha value is -2.41. The van der Waals surface area contributed by atoms with E-state index in [1.807, 2.05) is 0 Å². The third kappa shape index (κ3) is 4.15. The maximum absolute atomic E-state index is 13.8. The Kier molecular flexibility index (Phi) is 5.93. The van der Waals surface area contributed by atoms with E-state index in [4.69, 9.17) is 4.74 Å². The molecule has 0 unspecified atom stereocenters. The highest BCUT2D eigenvalue weighted by Gasteiger charge is 2.51. The Morgan fingerprint density at radius 2 is 1.97 bits per heavy atom. The molecular weight excluding hydrogens is 404 g/mol. The zero-order chi connectivity index (χ0) is 22.0. The molecule has 7 nitrogen and oxygen atoms in total. The van der Waals surface area contributed by atoms with Gasteiger partial charge in [-0.2, -0.15) is 5.10 Å².